The molecule has 0 spiro atoms. The van der Waals surface area contributed by atoms with Crippen molar-refractivity contribution in [1.29, 1.82) is 0 Å². The molecule has 1 atom stereocenters. The summed E-state index contributed by atoms with van der Waals surface area (Å²) < 4.78 is 39.3. The Morgan fingerprint density at radius 2 is 1.42 bits per heavy atom. The molecule has 0 aromatic heterocycles. The maximum Gasteiger partial charge on any atom is 0.330 e. The van der Waals surface area contributed by atoms with E-state index in [-0.39, 0.29) is 12.1 Å². The van der Waals surface area contributed by atoms with Crippen molar-refractivity contribution in [3.8, 4) is 11.5 Å². The Morgan fingerprint density at radius 3 is 1.97 bits per heavy atom. The summed E-state index contributed by atoms with van der Waals surface area (Å²) in [6.45, 7) is 0. The molecule has 0 aliphatic carbocycles. The molecule has 0 bridgehead atoms. The summed E-state index contributed by atoms with van der Waals surface area (Å²) >= 11 is 0. The highest BCUT2D eigenvalue weighted by Gasteiger charge is 2.27. The summed E-state index contributed by atoms with van der Waals surface area (Å²) in [7, 11) is 0.336. The molecule has 0 aliphatic heterocycles. The molecule has 0 fully saturated rings. The normalized spacial score (nSPS) is 11.6. The first-order valence-electron chi connectivity index (χ1n) is 10.9. The predicted molar refractivity (Wildman–Crippen MR) is 138 cm³/mol. The minimum absolute atomic E-state index is 0.152. The lowest BCUT2D eigenvalue weighted by atomic mass is 10.0. The third kappa shape index (κ3) is 7.37. The number of urea groups is 1. The molecule has 11 heteroatoms. The summed E-state index contributed by atoms with van der Waals surface area (Å²) in [6.07, 6.45) is 0.152. The summed E-state index contributed by atoms with van der Waals surface area (Å²) in [5, 5.41) is 2.49. The summed E-state index contributed by atoms with van der Waals surface area (Å²) in [6, 6.07) is 20.0. The van der Waals surface area contributed by atoms with E-state index in [0.29, 0.717) is 17.2 Å². The average molecular weight is 513 g/mol. The number of anilines is 2. The van der Waals surface area contributed by atoms with E-state index in [1.165, 1.54) is 24.1 Å². The van der Waals surface area contributed by atoms with Gasteiger partial charge in [-0.15, -0.1) is 0 Å². The van der Waals surface area contributed by atoms with E-state index in [1.807, 2.05) is 35.1 Å². The molecule has 3 amide bonds. The van der Waals surface area contributed by atoms with Crippen LogP contribution in [0.1, 0.15) is 5.56 Å². The van der Waals surface area contributed by atoms with Gasteiger partial charge in [0.2, 0.25) is 5.91 Å². The smallest absolute Gasteiger partial charge is 0.330 e. The Bertz CT molecular complexity index is 1270. The minimum atomic E-state index is -4.27. The number of nitrogens with one attached hydrogen (secondary N) is 3. The van der Waals surface area contributed by atoms with Crippen molar-refractivity contribution in [1.82, 2.24) is 10.0 Å². The van der Waals surface area contributed by atoms with E-state index in [0.717, 1.165) is 5.56 Å². The van der Waals surface area contributed by atoms with Crippen LogP contribution in [0.3, 0.4) is 0 Å². The maximum absolute atomic E-state index is 13.3. The van der Waals surface area contributed by atoms with Gasteiger partial charge in [-0.05, 0) is 54.1 Å². The van der Waals surface area contributed by atoms with Crippen LogP contribution in [0.15, 0.2) is 78.9 Å². The molecule has 0 saturated heterocycles. The second-order valence-electron chi connectivity index (χ2n) is 7.75. The van der Waals surface area contributed by atoms with Crippen LogP contribution in [0.5, 0.6) is 11.5 Å². The molecule has 3 aromatic rings. The highest BCUT2D eigenvalue weighted by Crippen LogP contribution is 2.20. The third-order valence-electron chi connectivity index (χ3n) is 5.25. The number of rotatable bonds is 10. The largest absolute Gasteiger partial charge is 0.497 e. The number of ether oxygens (including phenoxy) is 2. The number of likely N-dealkylation sites (N-methyl/N-ethyl adjacent to an activating group) is 1. The van der Waals surface area contributed by atoms with E-state index < -0.39 is 28.2 Å². The molecule has 0 heterocycles. The van der Waals surface area contributed by atoms with Crippen LogP contribution < -0.4 is 29.1 Å². The molecule has 36 heavy (non-hydrogen) atoms. The van der Waals surface area contributed by atoms with Gasteiger partial charge in [0, 0.05) is 19.2 Å². The zero-order valence-corrected chi connectivity index (χ0v) is 20.9. The van der Waals surface area contributed by atoms with Gasteiger partial charge in [0.15, 0.2) is 0 Å². The fourth-order valence-corrected chi connectivity index (χ4v) is 4.17. The topological polar surface area (TPSA) is 126 Å². The number of carbonyl (C=O) groups is 2. The molecular formula is C25H28N4O6S. The standard InChI is InChI=1S/C25H28N4O6S/c1-29(20-11-15-22(35-3)16-12-20)24(30)23(17-18-7-5-4-6-8-18)26-25(31)28-36(32,33)27-19-9-13-21(34-2)14-10-19/h4-16,23,27H,17H2,1-3H3,(H2,26,28,31)/t23-/m0/s1. The number of hydrogen-bond acceptors (Lipinski definition) is 6. The third-order valence-corrected chi connectivity index (χ3v) is 6.20. The Kier molecular flexibility index (Phi) is 8.74. The van der Waals surface area contributed by atoms with Gasteiger partial charge in [-0.3, -0.25) is 9.52 Å². The van der Waals surface area contributed by atoms with Gasteiger partial charge in [-0.25, -0.2) is 9.52 Å². The number of methoxy groups -OCH3 is 2. The van der Waals surface area contributed by atoms with Crippen LogP contribution in [-0.4, -0.2) is 47.7 Å². The van der Waals surface area contributed by atoms with Gasteiger partial charge in [-0.2, -0.15) is 8.42 Å². The fourth-order valence-electron chi connectivity index (χ4n) is 3.37. The molecule has 3 rings (SSSR count). The quantitative estimate of drug-likeness (QED) is 0.384. The van der Waals surface area contributed by atoms with Crippen molar-refractivity contribution in [2.75, 3.05) is 30.9 Å². The SMILES string of the molecule is COc1ccc(NS(=O)(=O)NC(=O)N[C@@H](Cc2ccccc2)C(=O)N(C)c2ccc(OC)cc2)cc1. The first-order chi connectivity index (χ1) is 17.2. The van der Waals surface area contributed by atoms with Gasteiger partial charge in [0.25, 0.3) is 0 Å². The Morgan fingerprint density at radius 1 is 0.861 bits per heavy atom. The lowest BCUT2D eigenvalue weighted by molar-refractivity contribution is -0.120. The van der Waals surface area contributed by atoms with Gasteiger partial charge in [-0.1, -0.05) is 30.3 Å². The summed E-state index contributed by atoms with van der Waals surface area (Å²) in [5.41, 5.74) is 1.60. The van der Waals surface area contributed by atoms with Crippen LogP contribution in [-0.2, 0) is 21.4 Å². The zero-order valence-electron chi connectivity index (χ0n) is 20.1. The van der Waals surface area contributed by atoms with Crippen LogP contribution in [0, 0.1) is 0 Å². The van der Waals surface area contributed by atoms with Gasteiger partial charge in [0.05, 0.1) is 19.9 Å². The first-order valence-corrected chi connectivity index (χ1v) is 12.4. The van der Waals surface area contributed by atoms with Crippen molar-refractivity contribution >= 4 is 33.5 Å². The number of amides is 3. The van der Waals surface area contributed by atoms with Crippen molar-refractivity contribution in [2.24, 2.45) is 0 Å². The molecule has 3 N–H and O–H groups in total. The highest BCUT2D eigenvalue weighted by atomic mass is 32.2. The van der Waals surface area contributed by atoms with Crippen molar-refractivity contribution in [3.63, 3.8) is 0 Å². The van der Waals surface area contributed by atoms with Crippen molar-refractivity contribution < 1.29 is 27.5 Å². The summed E-state index contributed by atoms with van der Waals surface area (Å²) in [5.74, 6) is 0.749. The summed E-state index contributed by atoms with van der Waals surface area (Å²) in [4.78, 5) is 27.4. The van der Waals surface area contributed by atoms with Gasteiger partial charge >= 0.3 is 16.2 Å². The van der Waals surface area contributed by atoms with Gasteiger partial charge < -0.3 is 19.7 Å². The van der Waals surface area contributed by atoms with E-state index in [4.69, 9.17) is 9.47 Å². The maximum atomic E-state index is 13.3. The molecule has 0 aliphatic rings. The van der Waals surface area contributed by atoms with Crippen molar-refractivity contribution in [2.45, 2.75) is 12.5 Å². The Labute approximate surface area is 210 Å². The molecule has 3 aromatic carbocycles. The number of benzene rings is 3. The van der Waals surface area contributed by atoms with Crippen LogP contribution in [0.25, 0.3) is 0 Å². The second kappa shape index (κ2) is 11.9. The van der Waals surface area contributed by atoms with E-state index in [9.17, 15) is 18.0 Å². The zero-order chi connectivity index (χ0) is 26.1. The number of carbonyl (C=O) groups excluding carboxylic acids is 2. The van der Waals surface area contributed by atoms with Crippen LogP contribution in [0.2, 0.25) is 0 Å². The van der Waals surface area contributed by atoms with Crippen LogP contribution >= 0.6 is 0 Å². The highest BCUT2D eigenvalue weighted by molar-refractivity contribution is 7.91. The molecule has 190 valence electrons. The fraction of sp³-hybridized carbons (Fsp3) is 0.200. The minimum Gasteiger partial charge on any atom is -0.497 e. The Hall–Kier alpha value is -4.25. The van der Waals surface area contributed by atoms with Crippen molar-refractivity contribution in [3.05, 3.63) is 84.4 Å². The lowest BCUT2D eigenvalue weighted by Crippen LogP contribution is -2.53. The Balaban J connectivity index is 1.73. The molecular weight excluding hydrogens is 484 g/mol. The van der Waals surface area contributed by atoms with E-state index in [2.05, 4.69) is 10.0 Å². The number of nitrogens with zero attached hydrogens (tertiary/aromatic N) is 1. The van der Waals surface area contributed by atoms with E-state index >= 15 is 0 Å². The van der Waals surface area contributed by atoms with Gasteiger partial charge in [0.1, 0.15) is 17.5 Å². The molecule has 0 saturated carbocycles. The molecule has 10 nitrogen and oxygen atoms in total. The first kappa shape index (κ1) is 26.4. The second-order valence-corrected chi connectivity index (χ2v) is 9.16. The van der Waals surface area contributed by atoms with E-state index in [1.54, 1.807) is 50.6 Å². The molecule has 0 radical (unpaired) electrons. The average Bonchev–Trinajstić information content (AvgIpc) is 2.88. The number of hydrogen-bond donors (Lipinski definition) is 3. The predicted octanol–water partition coefficient (Wildman–Crippen LogP) is 2.93. The monoisotopic (exact) mass is 512 g/mol. The lowest BCUT2D eigenvalue weighted by Gasteiger charge is -2.25. The molecule has 0 unspecified atom stereocenters. The van der Waals surface area contributed by atoms with Crippen LogP contribution in [0.4, 0.5) is 16.2 Å².